The highest BCUT2D eigenvalue weighted by molar-refractivity contribution is 8.00. The van der Waals surface area contributed by atoms with Crippen LogP contribution in [-0.2, 0) is 11.3 Å². The van der Waals surface area contributed by atoms with Crippen molar-refractivity contribution in [3.63, 3.8) is 0 Å². The third kappa shape index (κ3) is 2.64. The molecule has 2 aromatic heterocycles. The molecule has 1 saturated heterocycles. The van der Waals surface area contributed by atoms with E-state index in [0.29, 0.717) is 12.3 Å². The molecule has 1 atom stereocenters. The lowest BCUT2D eigenvalue weighted by Crippen LogP contribution is -2.28. The van der Waals surface area contributed by atoms with E-state index >= 15 is 0 Å². The van der Waals surface area contributed by atoms with Crippen LogP contribution >= 0.6 is 23.1 Å². The van der Waals surface area contributed by atoms with Crippen molar-refractivity contribution >= 4 is 29.0 Å². The molecule has 1 aliphatic rings. The summed E-state index contributed by atoms with van der Waals surface area (Å²) < 4.78 is 0. The Bertz CT molecular complexity index is 568. The van der Waals surface area contributed by atoms with E-state index in [1.807, 2.05) is 17.2 Å². The smallest absolute Gasteiger partial charge is 0.234 e. The monoisotopic (exact) mass is 291 g/mol. The molecule has 0 spiro atoms. The molecule has 0 aromatic carbocycles. The van der Waals surface area contributed by atoms with Crippen LogP contribution in [0.4, 0.5) is 0 Å². The van der Waals surface area contributed by atoms with Gasteiger partial charge in [-0.1, -0.05) is 0 Å². The SMILES string of the molecule is Cc1cnc(CN2C(=O)CSC2c2ccsc2)cn1. The molecule has 3 rings (SSSR count). The van der Waals surface area contributed by atoms with E-state index in [0.717, 1.165) is 11.4 Å². The Morgan fingerprint density at radius 3 is 3.00 bits per heavy atom. The Labute approximate surface area is 119 Å². The van der Waals surface area contributed by atoms with Crippen molar-refractivity contribution in [1.29, 1.82) is 0 Å². The average Bonchev–Trinajstić information content (AvgIpc) is 3.03. The van der Waals surface area contributed by atoms with Gasteiger partial charge in [-0.2, -0.15) is 11.3 Å². The molecule has 1 fully saturated rings. The number of amides is 1. The van der Waals surface area contributed by atoms with Crippen molar-refractivity contribution in [1.82, 2.24) is 14.9 Å². The number of carbonyl (C=O) groups is 1. The van der Waals surface area contributed by atoms with Crippen LogP contribution in [0.2, 0.25) is 0 Å². The third-order valence-electron chi connectivity index (χ3n) is 2.96. The molecule has 0 N–H and O–H groups in total. The fourth-order valence-electron chi connectivity index (χ4n) is 1.99. The second-order valence-corrected chi connectivity index (χ2v) is 6.24. The first-order valence-electron chi connectivity index (χ1n) is 5.95. The molecule has 2 aromatic rings. The molecule has 4 nitrogen and oxygen atoms in total. The fourth-order valence-corrected chi connectivity index (χ4v) is 3.93. The Morgan fingerprint density at radius 1 is 1.42 bits per heavy atom. The first kappa shape index (κ1) is 12.6. The van der Waals surface area contributed by atoms with Gasteiger partial charge < -0.3 is 4.90 Å². The number of hydrogen-bond acceptors (Lipinski definition) is 5. The number of thiophene rings is 1. The summed E-state index contributed by atoms with van der Waals surface area (Å²) in [4.78, 5) is 22.5. The molecule has 3 heterocycles. The Hall–Kier alpha value is -1.40. The van der Waals surface area contributed by atoms with E-state index in [-0.39, 0.29) is 11.3 Å². The van der Waals surface area contributed by atoms with E-state index in [9.17, 15) is 4.79 Å². The van der Waals surface area contributed by atoms with Crippen molar-refractivity contribution < 1.29 is 4.79 Å². The topological polar surface area (TPSA) is 46.1 Å². The van der Waals surface area contributed by atoms with Crippen LogP contribution in [0.15, 0.2) is 29.2 Å². The molecule has 98 valence electrons. The van der Waals surface area contributed by atoms with Crippen LogP contribution < -0.4 is 0 Å². The second-order valence-electron chi connectivity index (χ2n) is 4.39. The van der Waals surface area contributed by atoms with Gasteiger partial charge in [0.15, 0.2) is 0 Å². The van der Waals surface area contributed by atoms with Gasteiger partial charge in [0.05, 0.1) is 29.9 Å². The minimum absolute atomic E-state index is 0.113. The lowest BCUT2D eigenvalue weighted by molar-refractivity contribution is -0.128. The zero-order valence-corrected chi connectivity index (χ0v) is 12.1. The Kier molecular flexibility index (Phi) is 3.52. The first-order chi connectivity index (χ1) is 9.24. The van der Waals surface area contributed by atoms with Gasteiger partial charge in [-0.05, 0) is 29.3 Å². The number of hydrogen-bond donors (Lipinski definition) is 0. The Balaban J connectivity index is 1.81. The first-order valence-corrected chi connectivity index (χ1v) is 7.94. The highest BCUT2D eigenvalue weighted by Crippen LogP contribution is 2.39. The number of thioether (sulfide) groups is 1. The number of carbonyl (C=O) groups excluding carboxylic acids is 1. The summed E-state index contributed by atoms with van der Waals surface area (Å²) in [6, 6.07) is 2.08. The predicted octanol–water partition coefficient (Wildman–Crippen LogP) is 2.62. The van der Waals surface area contributed by atoms with Gasteiger partial charge in [0, 0.05) is 6.20 Å². The van der Waals surface area contributed by atoms with Crippen LogP contribution in [-0.4, -0.2) is 26.5 Å². The van der Waals surface area contributed by atoms with E-state index in [4.69, 9.17) is 0 Å². The molecule has 0 bridgehead atoms. The van der Waals surface area contributed by atoms with Gasteiger partial charge in [-0.25, -0.2) is 0 Å². The maximum Gasteiger partial charge on any atom is 0.234 e. The zero-order valence-electron chi connectivity index (χ0n) is 10.4. The lowest BCUT2D eigenvalue weighted by atomic mass is 10.3. The van der Waals surface area contributed by atoms with Crippen LogP contribution in [0.3, 0.4) is 0 Å². The summed E-state index contributed by atoms with van der Waals surface area (Å²) in [5.41, 5.74) is 2.92. The van der Waals surface area contributed by atoms with Crippen molar-refractivity contribution in [2.75, 3.05) is 5.75 Å². The van der Waals surface area contributed by atoms with E-state index in [2.05, 4.69) is 21.4 Å². The largest absolute Gasteiger partial charge is 0.320 e. The van der Waals surface area contributed by atoms with Gasteiger partial charge in [0.25, 0.3) is 0 Å². The molecular weight excluding hydrogens is 278 g/mol. The third-order valence-corrected chi connectivity index (χ3v) is 4.92. The number of aryl methyl sites for hydroxylation is 1. The normalized spacial score (nSPS) is 19.1. The summed E-state index contributed by atoms with van der Waals surface area (Å²) in [6.45, 7) is 2.43. The van der Waals surface area contributed by atoms with Crippen LogP contribution in [0, 0.1) is 6.92 Å². The highest BCUT2D eigenvalue weighted by Gasteiger charge is 2.33. The maximum atomic E-state index is 12.0. The molecule has 6 heteroatoms. The van der Waals surface area contributed by atoms with E-state index in [1.54, 1.807) is 35.5 Å². The van der Waals surface area contributed by atoms with Crippen LogP contribution in [0.1, 0.15) is 22.3 Å². The van der Waals surface area contributed by atoms with E-state index in [1.165, 1.54) is 5.56 Å². The van der Waals surface area contributed by atoms with Gasteiger partial charge in [-0.3, -0.25) is 14.8 Å². The summed E-state index contributed by atoms with van der Waals surface area (Å²) in [5, 5.41) is 4.26. The zero-order chi connectivity index (χ0) is 13.2. The van der Waals surface area contributed by atoms with Crippen LogP contribution in [0.5, 0.6) is 0 Å². The van der Waals surface area contributed by atoms with Gasteiger partial charge in [-0.15, -0.1) is 11.8 Å². The van der Waals surface area contributed by atoms with Crippen LogP contribution in [0.25, 0.3) is 0 Å². The molecule has 1 aliphatic heterocycles. The fraction of sp³-hybridized carbons (Fsp3) is 0.308. The van der Waals surface area contributed by atoms with Gasteiger partial charge in [0.2, 0.25) is 5.91 Å². The minimum Gasteiger partial charge on any atom is -0.320 e. The quantitative estimate of drug-likeness (QED) is 0.872. The van der Waals surface area contributed by atoms with E-state index < -0.39 is 0 Å². The summed E-state index contributed by atoms with van der Waals surface area (Å²) >= 11 is 3.33. The Morgan fingerprint density at radius 2 is 2.32 bits per heavy atom. The standard InChI is InChI=1S/C13H13N3OS2/c1-9-4-15-11(5-14-9)6-16-12(17)8-19-13(16)10-2-3-18-7-10/h2-5,7,13H,6,8H2,1H3. The second kappa shape index (κ2) is 5.30. The lowest BCUT2D eigenvalue weighted by Gasteiger charge is -2.22. The molecule has 1 amide bonds. The summed E-state index contributed by atoms with van der Waals surface area (Å²) in [6.07, 6.45) is 3.49. The molecule has 19 heavy (non-hydrogen) atoms. The number of rotatable bonds is 3. The molecule has 0 aliphatic carbocycles. The summed E-state index contributed by atoms with van der Waals surface area (Å²) in [5.74, 6) is 0.711. The predicted molar refractivity (Wildman–Crippen MR) is 76.8 cm³/mol. The van der Waals surface area contributed by atoms with Crippen molar-refractivity contribution in [2.45, 2.75) is 18.8 Å². The minimum atomic E-state index is 0.113. The number of aromatic nitrogens is 2. The maximum absolute atomic E-state index is 12.0. The highest BCUT2D eigenvalue weighted by atomic mass is 32.2. The van der Waals surface area contributed by atoms with Crippen molar-refractivity contribution in [3.8, 4) is 0 Å². The molecule has 0 saturated carbocycles. The van der Waals surface area contributed by atoms with Gasteiger partial charge in [0.1, 0.15) is 5.37 Å². The number of nitrogens with zero attached hydrogens (tertiary/aromatic N) is 3. The van der Waals surface area contributed by atoms with Crippen molar-refractivity contribution in [2.24, 2.45) is 0 Å². The molecule has 0 radical (unpaired) electrons. The molecular formula is C13H13N3OS2. The summed E-state index contributed by atoms with van der Waals surface area (Å²) in [7, 11) is 0. The van der Waals surface area contributed by atoms with Gasteiger partial charge >= 0.3 is 0 Å². The molecule has 1 unspecified atom stereocenters. The average molecular weight is 291 g/mol. The van der Waals surface area contributed by atoms with Crippen molar-refractivity contribution in [3.05, 3.63) is 46.2 Å².